The second kappa shape index (κ2) is 4.90. The SMILES string of the molecule is FC(F)(F)C(Cl)=Nc1cccc2c(Br)cccc12. The van der Waals surface area contributed by atoms with Crippen molar-refractivity contribution in [2.24, 2.45) is 4.99 Å². The van der Waals surface area contributed by atoms with E-state index in [-0.39, 0.29) is 5.69 Å². The second-order valence-corrected chi connectivity index (χ2v) is 4.72. The topological polar surface area (TPSA) is 12.4 Å². The molecule has 0 N–H and O–H groups in total. The number of hydrogen-bond acceptors (Lipinski definition) is 1. The van der Waals surface area contributed by atoms with Crippen LogP contribution in [0.25, 0.3) is 10.8 Å². The van der Waals surface area contributed by atoms with E-state index < -0.39 is 11.3 Å². The molecule has 2 aromatic carbocycles. The molecule has 0 atom stereocenters. The van der Waals surface area contributed by atoms with Crippen molar-refractivity contribution in [2.75, 3.05) is 0 Å². The summed E-state index contributed by atoms with van der Waals surface area (Å²) in [4.78, 5) is 3.44. The highest BCUT2D eigenvalue weighted by Crippen LogP contribution is 2.32. The maximum absolute atomic E-state index is 12.3. The lowest BCUT2D eigenvalue weighted by Gasteiger charge is -2.06. The summed E-state index contributed by atoms with van der Waals surface area (Å²) in [6.45, 7) is 0. The number of alkyl halides is 3. The molecule has 0 spiro atoms. The minimum Gasteiger partial charge on any atom is -0.232 e. The summed E-state index contributed by atoms with van der Waals surface area (Å²) in [6.07, 6.45) is -4.63. The molecule has 2 rings (SSSR count). The van der Waals surface area contributed by atoms with E-state index in [1.54, 1.807) is 30.3 Å². The summed E-state index contributed by atoms with van der Waals surface area (Å²) < 4.78 is 37.8. The molecule has 0 aliphatic carbocycles. The molecular formula is C12H6BrClF3N. The average Bonchev–Trinajstić information content (AvgIpc) is 2.29. The predicted octanol–water partition coefficient (Wildman–Crippen LogP) is 5.43. The normalized spacial score (nSPS) is 13.1. The maximum Gasteiger partial charge on any atom is 0.444 e. The van der Waals surface area contributed by atoms with Gasteiger partial charge in [0.15, 0.2) is 0 Å². The fourth-order valence-corrected chi connectivity index (χ4v) is 2.11. The molecule has 0 saturated heterocycles. The first-order valence-corrected chi connectivity index (χ1v) is 6.05. The summed E-state index contributed by atoms with van der Waals surface area (Å²) in [7, 11) is 0. The lowest BCUT2D eigenvalue weighted by molar-refractivity contribution is -0.0558. The van der Waals surface area contributed by atoms with Crippen molar-refractivity contribution in [3.8, 4) is 0 Å². The molecule has 0 aliphatic rings. The number of benzene rings is 2. The molecule has 0 unspecified atom stereocenters. The third-order valence-corrected chi connectivity index (χ3v) is 3.29. The van der Waals surface area contributed by atoms with Crippen LogP contribution in [-0.4, -0.2) is 11.3 Å². The molecule has 0 bridgehead atoms. The summed E-state index contributed by atoms with van der Waals surface area (Å²) in [5, 5.41) is 0.00893. The lowest BCUT2D eigenvalue weighted by atomic mass is 10.1. The Morgan fingerprint density at radius 3 is 2.33 bits per heavy atom. The van der Waals surface area contributed by atoms with Crippen LogP contribution in [0.1, 0.15) is 0 Å². The van der Waals surface area contributed by atoms with Gasteiger partial charge < -0.3 is 0 Å². The first kappa shape index (κ1) is 13.4. The Bertz CT molecular complexity index is 622. The van der Waals surface area contributed by atoms with Gasteiger partial charge in [-0.2, -0.15) is 13.2 Å². The Balaban J connectivity index is 2.63. The van der Waals surface area contributed by atoms with Crippen LogP contribution in [0.5, 0.6) is 0 Å². The van der Waals surface area contributed by atoms with Gasteiger partial charge in [-0.25, -0.2) is 4.99 Å². The molecule has 0 radical (unpaired) electrons. The van der Waals surface area contributed by atoms with Crippen LogP contribution in [0, 0.1) is 0 Å². The van der Waals surface area contributed by atoms with Gasteiger partial charge in [-0.15, -0.1) is 0 Å². The van der Waals surface area contributed by atoms with Gasteiger partial charge in [0.25, 0.3) is 0 Å². The van der Waals surface area contributed by atoms with Crippen LogP contribution in [0.2, 0.25) is 0 Å². The molecule has 2 aromatic rings. The Labute approximate surface area is 114 Å². The molecule has 0 heterocycles. The van der Waals surface area contributed by atoms with E-state index in [0.29, 0.717) is 5.39 Å². The van der Waals surface area contributed by atoms with Crippen molar-refractivity contribution in [2.45, 2.75) is 6.18 Å². The smallest absolute Gasteiger partial charge is 0.232 e. The molecule has 0 aromatic heterocycles. The Kier molecular flexibility index (Phi) is 3.64. The number of rotatable bonds is 1. The van der Waals surface area contributed by atoms with Crippen molar-refractivity contribution in [1.29, 1.82) is 0 Å². The van der Waals surface area contributed by atoms with Gasteiger partial charge in [-0.1, -0.05) is 51.8 Å². The number of fused-ring (bicyclic) bond motifs is 1. The first-order valence-electron chi connectivity index (χ1n) is 4.88. The van der Waals surface area contributed by atoms with Crippen LogP contribution in [0.4, 0.5) is 18.9 Å². The molecule has 0 aliphatic heterocycles. The van der Waals surface area contributed by atoms with Crippen molar-refractivity contribution < 1.29 is 13.2 Å². The Morgan fingerprint density at radius 1 is 1.06 bits per heavy atom. The third kappa shape index (κ3) is 2.67. The van der Waals surface area contributed by atoms with E-state index in [4.69, 9.17) is 11.6 Å². The van der Waals surface area contributed by atoms with E-state index >= 15 is 0 Å². The molecule has 1 nitrogen and oxygen atoms in total. The second-order valence-electron chi connectivity index (χ2n) is 3.51. The molecule has 0 amide bonds. The van der Waals surface area contributed by atoms with Crippen molar-refractivity contribution in [1.82, 2.24) is 0 Å². The van der Waals surface area contributed by atoms with Crippen LogP contribution in [0.15, 0.2) is 45.9 Å². The quantitative estimate of drug-likeness (QED) is 0.615. The van der Waals surface area contributed by atoms with Crippen molar-refractivity contribution in [3.63, 3.8) is 0 Å². The third-order valence-electron chi connectivity index (χ3n) is 2.30. The van der Waals surface area contributed by atoms with Gasteiger partial charge in [0.1, 0.15) is 0 Å². The Hall–Kier alpha value is -1.07. The van der Waals surface area contributed by atoms with E-state index in [1.807, 2.05) is 0 Å². The zero-order valence-corrected chi connectivity index (χ0v) is 11.1. The molecular weight excluding hydrogens is 330 g/mol. The molecule has 0 fully saturated rings. The van der Waals surface area contributed by atoms with Crippen LogP contribution >= 0.6 is 27.5 Å². The number of aliphatic imine (C=N–C) groups is 1. The average molecular weight is 337 g/mol. The number of nitrogens with zero attached hydrogens (tertiary/aromatic N) is 1. The maximum atomic E-state index is 12.3. The van der Waals surface area contributed by atoms with E-state index in [2.05, 4.69) is 20.9 Å². The lowest BCUT2D eigenvalue weighted by Crippen LogP contribution is -2.16. The van der Waals surface area contributed by atoms with Crippen LogP contribution in [0.3, 0.4) is 0 Å². The minimum absolute atomic E-state index is 0.191. The van der Waals surface area contributed by atoms with Gasteiger partial charge >= 0.3 is 6.18 Å². The van der Waals surface area contributed by atoms with Gasteiger partial charge in [-0.3, -0.25) is 0 Å². The molecule has 94 valence electrons. The van der Waals surface area contributed by atoms with E-state index in [1.165, 1.54) is 6.07 Å². The fraction of sp³-hybridized carbons (Fsp3) is 0.0833. The van der Waals surface area contributed by atoms with Gasteiger partial charge in [-0.05, 0) is 17.5 Å². The molecule has 0 saturated carbocycles. The molecule has 18 heavy (non-hydrogen) atoms. The highest BCUT2D eigenvalue weighted by atomic mass is 79.9. The summed E-state index contributed by atoms with van der Waals surface area (Å²) in [5.41, 5.74) is 0.191. The first-order chi connectivity index (χ1) is 8.39. The predicted molar refractivity (Wildman–Crippen MR) is 70.7 cm³/mol. The van der Waals surface area contributed by atoms with Gasteiger partial charge in [0.05, 0.1) is 5.69 Å². The largest absolute Gasteiger partial charge is 0.444 e. The number of halogens is 5. The Morgan fingerprint density at radius 2 is 1.67 bits per heavy atom. The monoisotopic (exact) mass is 335 g/mol. The van der Waals surface area contributed by atoms with Crippen LogP contribution < -0.4 is 0 Å². The fourth-order valence-electron chi connectivity index (χ4n) is 1.52. The highest BCUT2D eigenvalue weighted by molar-refractivity contribution is 9.10. The number of hydrogen-bond donors (Lipinski definition) is 0. The molecule has 6 heteroatoms. The zero-order chi connectivity index (χ0) is 13.3. The van der Waals surface area contributed by atoms with E-state index in [0.717, 1.165) is 9.86 Å². The summed E-state index contributed by atoms with van der Waals surface area (Å²) in [5.74, 6) is 0. The van der Waals surface area contributed by atoms with Crippen molar-refractivity contribution in [3.05, 3.63) is 40.9 Å². The highest BCUT2D eigenvalue weighted by Gasteiger charge is 2.34. The summed E-state index contributed by atoms with van der Waals surface area (Å²) in [6, 6.07) is 10.1. The summed E-state index contributed by atoms with van der Waals surface area (Å²) >= 11 is 8.48. The zero-order valence-electron chi connectivity index (χ0n) is 8.80. The standard InChI is InChI=1S/C12H6BrClF3N/c13-9-5-1-4-8-7(9)3-2-6-10(8)18-11(14)12(15,16)17/h1-6H. The minimum atomic E-state index is -4.63. The van der Waals surface area contributed by atoms with Gasteiger partial charge in [0.2, 0.25) is 5.17 Å². The van der Waals surface area contributed by atoms with Gasteiger partial charge in [0, 0.05) is 9.86 Å². The van der Waals surface area contributed by atoms with E-state index in [9.17, 15) is 13.2 Å². The van der Waals surface area contributed by atoms with Crippen LogP contribution in [-0.2, 0) is 0 Å². The van der Waals surface area contributed by atoms with Crippen molar-refractivity contribution >= 4 is 49.2 Å².